The number of hydrogen-bond donors (Lipinski definition) is 3. The second kappa shape index (κ2) is 9.87. The van der Waals surface area contributed by atoms with Gasteiger partial charge in [-0.25, -0.2) is 0 Å². The van der Waals surface area contributed by atoms with E-state index in [1.807, 2.05) is 24.3 Å². The molecule has 0 atom stereocenters. The second-order valence-corrected chi connectivity index (χ2v) is 9.52. The molecule has 3 N–H and O–H groups in total. The molecule has 0 bridgehead atoms. The van der Waals surface area contributed by atoms with Gasteiger partial charge in [0.1, 0.15) is 12.4 Å². The molecule has 1 aromatic heterocycles. The van der Waals surface area contributed by atoms with E-state index in [1.54, 1.807) is 6.07 Å². The largest absolute Gasteiger partial charge is 0.493 e. The van der Waals surface area contributed by atoms with Crippen molar-refractivity contribution < 1.29 is 19.8 Å². The number of amides is 1. The van der Waals surface area contributed by atoms with Gasteiger partial charge < -0.3 is 15.5 Å². The zero-order valence-corrected chi connectivity index (χ0v) is 20.2. The van der Waals surface area contributed by atoms with Crippen LogP contribution in [0.25, 0.3) is 11.4 Å². The smallest absolute Gasteiger partial charge is 0.322 e. The Hall–Kier alpha value is -3.36. The summed E-state index contributed by atoms with van der Waals surface area (Å²) >= 11 is 12.4. The first-order valence-electron chi connectivity index (χ1n) is 10.3. The zero-order chi connectivity index (χ0) is 25.2. The van der Waals surface area contributed by atoms with E-state index in [-0.39, 0.29) is 28.4 Å². The summed E-state index contributed by atoms with van der Waals surface area (Å²) in [5.74, 6) is -3.21. The van der Waals surface area contributed by atoms with Crippen LogP contribution in [0, 0.1) is 0 Å². The number of aliphatic carboxylic acids is 1. The van der Waals surface area contributed by atoms with Crippen LogP contribution < -0.4 is 10.9 Å². The van der Waals surface area contributed by atoms with Crippen molar-refractivity contribution in [2.45, 2.75) is 32.7 Å². The van der Waals surface area contributed by atoms with Gasteiger partial charge in [0.05, 0.1) is 11.6 Å². The number of carboxylic acid groups (broad SMARTS) is 1. The van der Waals surface area contributed by atoms with Crippen LogP contribution in [0.3, 0.4) is 0 Å². The number of aromatic hydroxyl groups is 1. The lowest BCUT2D eigenvalue weighted by atomic mass is 9.87. The molecule has 3 aromatic rings. The topological polar surface area (TPSA) is 122 Å². The number of nitrogens with zero attached hydrogens (tertiary/aromatic N) is 2. The highest BCUT2D eigenvalue weighted by Gasteiger charge is 2.25. The van der Waals surface area contributed by atoms with Crippen LogP contribution >= 0.6 is 23.2 Å². The van der Waals surface area contributed by atoms with Crippen molar-refractivity contribution in [1.29, 1.82) is 0 Å². The molecule has 0 saturated heterocycles. The number of hydrogen-bond acceptors (Lipinski definition) is 5. The third kappa shape index (κ3) is 5.58. The number of benzene rings is 2. The zero-order valence-electron chi connectivity index (χ0n) is 18.7. The summed E-state index contributed by atoms with van der Waals surface area (Å²) in [5.41, 5.74) is 0.518. The van der Waals surface area contributed by atoms with E-state index >= 15 is 0 Å². The molecular weight excluding hydrogens is 481 g/mol. The molecule has 0 aliphatic rings. The van der Waals surface area contributed by atoms with Gasteiger partial charge >= 0.3 is 5.97 Å². The first kappa shape index (κ1) is 25.3. The Balaban J connectivity index is 2.18. The third-order valence-electron chi connectivity index (χ3n) is 5.11. The molecule has 0 unspecified atom stereocenters. The SMILES string of the molecule is CC(C)(C)c1ccc(Cn2c(-c3cc(Cl)ccc3Cl)nc(O)c(C(=O)NCC(=O)O)c2=O)cc1. The molecule has 2 aromatic carbocycles. The van der Waals surface area contributed by atoms with Crippen LogP contribution in [0.4, 0.5) is 0 Å². The van der Waals surface area contributed by atoms with Crippen molar-refractivity contribution in [2.24, 2.45) is 0 Å². The van der Waals surface area contributed by atoms with Gasteiger partial charge in [-0.05, 0) is 34.7 Å². The Bertz CT molecular complexity index is 1310. The summed E-state index contributed by atoms with van der Waals surface area (Å²) < 4.78 is 1.19. The third-order valence-corrected chi connectivity index (χ3v) is 5.67. The number of aromatic nitrogens is 2. The number of carbonyl (C=O) groups is 2. The Kier molecular flexibility index (Phi) is 7.33. The predicted octanol–water partition coefficient (Wildman–Crippen LogP) is 4.08. The Morgan fingerprint density at radius 3 is 2.32 bits per heavy atom. The quantitative estimate of drug-likeness (QED) is 0.465. The van der Waals surface area contributed by atoms with Crippen molar-refractivity contribution in [3.05, 3.63) is 79.6 Å². The highest BCUT2D eigenvalue weighted by molar-refractivity contribution is 6.35. The summed E-state index contributed by atoms with van der Waals surface area (Å²) in [6.07, 6.45) is 0. The minimum absolute atomic E-state index is 0.00434. The Morgan fingerprint density at radius 2 is 1.74 bits per heavy atom. The summed E-state index contributed by atoms with van der Waals surface area (Å²) in [5, 5.41) is 21.9. The minimum Gasteiger partial charge on any atom is -0.493 e. The normalized spacial score (nSPS) is 11.3. The molecule has 0 spiro atoms. The molecule has 3 rings (SSSR count). The van der Waals surface area contributed by atoms with E-state index in [1.165, 1.54) is 16.7 Å². The van der Waals surface area contributed by atoms with Crippen LogP contribution in [0.2, 0.25) is 10.0 Å². The van der Waals surface area contributed by atoms with E-state index in [4.69, 9.17) is 28.3 Å². The maximum absolute atomic E-state index is 13.4. The van der Waals surface area contributed by atoms with Gasteiger partial charge in [0.15, 0.2) is 5.56 Å². The van der Waals surface area contributed by atoms with Crippen molar-refractivity contribution in [2.75, 3.05) is 6.54 Å². The van der Waals surface area contributed by atoms with Crippen LogP contribution in [-0.2, 0) is 16.8 Å². The highest BCUT2D eigenvalue weighted by atomic mass is 35.5. The molecule has 178 valence electrons. The fourth-order valence-electron chi connectivity index (χ4n) is 3.30. The van der Waals surface area contributed by atoms with E-state index in [9.17, 15) is 19.5 Å². The number of rotatable bonds is 6. The van der Waals surface area contributed by atoms with Crippen molar-refractivity contribution in [3.63, 3.8) is 0 Å². The molecule has 34 heavy (non-hydrogen) atoms. The lowest BCUT2D eigenvalue weighted by molar-refractivity contribution is -0.135. The average molecular weight is 504 g/mol. The lowest BCUT2D eigenvalue weighted by Gasteiger charge is -2.20. The Labute approximate surface area is 205 Å². The number of halogens is 2. The Morgan fingerprint density at radius 1 is 1.09 bits per heavy atom. The fraction of sp³-hybridized carbons (Fsp3) is 0.250. The van der Waals surface area contributed by atoms with Crippen molar-refractivity contribution in [3.8, 4) is 17.3 Å². The first-order valence-corrected chi connectivity index (χ1v) is 11.0. The second-order valence-electron chi connectivity index (χ2n) is 8.67. The molecule has 0 fully saturated rings. The number of carboxylic acids is 1. The number of nitrogens with one attached hydrogen (secondary N) is 1. The lowest BCUT2D eigenvalue weighted by Crippen LogP contribution is -2.37. The summed E-state index contributed by atoms with van der Waals surface area (Å²) in [6.45, 7) is 5.52. The average Bonchev–Trinajstić information content (AvgIpc) is 2.75. The fourth-order valence-corrected chi connectivity index (χ4v) is 3.67. The van der Waals surface area contributed by atoms with Gasteiger partial charge in [0.2, 0.25) is 5.88 Å². The van der Waals surface area contributed by atoms with E-state index in [0.717, 1.165) is 11.1 Å². The summed E-state index contributed by atoms with van der Waals surface area (Å²) in [6, 6.07) is 12.2. The van der Waals surface area contributed by atoms with Gasteiger partial charge in [0.25, 0.3) is 11.5 Å². The molecule has 0 saturated carbocycles. The van der Waals surface area contributed by atoms with E-state index < -0.39 is 35.4 Å². The van der Waals surface area contributed by atoms with Gasteiger partial charge in [-0.15, -0.1) is 0 Å². The van der Waals surface area contributed by atoms with Gasteiger partial charge in [-0.1, -0.05) is 68.2 Å². The van der Waals surface area contributed by atoms with Crippen molar-refractivity contribution >= 4 is 35.1 Å². The van der Waals surface area contributed by atoms with Gasteiger partial charge in [0, 0.05) is 10.6 Å². The van der Waals surface area contributed by atoms with Crippen LogP contribution in [-0.4, -0.2) is 38.2 Å². The first-order chi connectivity index (χ1) is 15.9. The monoisotopic (exact) mass is 503 g/mol. The molecule has 1 amide bonds. The summed E-state index contributed by atoms with van der Waals surface area (Å²) in [4.78, 5) is 40.8. The van der Waals surface area contributed by atoms with Crippen LogP contribution in [0.1, 0.15) is 42.3 Å². The van der Waals surface area contributed by atoms with Gasteiger partial charge in [-0.2, -0.15) is 4.98 Å². The maximum Gasteiger partial charge on any atom is 0.322 e. The molecular formula is C24H23Cl2N3O5. The number of carbonyl (C=O) groups excluding carboxylic acids is 1. The molecule has 0 aliphatic heterocycles. The molecule has 1 heterocycles. The van der Waals surface area contributed by atoms with Crippen LogP contribution in [0.5, 0.6) is 5.88 Å². The summed E-state index contributed by atoms with van der Waals surface area (Å²) in [7, 11) is 0. The standard InChI is InChI=1S/C24H23Cl2N3O5/c1-24(2,3)14-6-4-13(5-7-14)12-29-20(16-10-15(25)8-9-17(16)26)28-22(33)19(23(29)34)21(32)27-11-18(30)31/h4-10,33H,11-12H2,1-3H3,(H,27,32)(H,30,31). The van der Waals surface area contributed by atoms with Crippen molar-refractivity contribution in [1.82, 2.24) is 14.9 Å². The van der Waals surface area contributed by atoms with Crippen LogP contribution in [0.15, 0.2) is 47.3 Å². The highest BCUT2D eigenvalue weighted by Crippen LogP contribution is 2.31. The minimum atomic E-state index is -1.30. The molecule has 8 nitrogen and oxygen atoms in total. The molecule has 10 heteroatoms. The molecule has 0 aliphatic carbocycles. The maximum atomic E-state index is 13.4. The van der Waals surface area contributed by atoms with E-state index in [0.29, 0.717) is 5.02 Å². The van der Waals surface area contributed by atoms with Gasteiger partial charge in [-0.3, -0.25) is 19.0 Å². The predicted molar refractivity (Wildman–Crippen MR) is 130 cm³/mol. The van der Waals surface area contributed by atoms with E-state index in [2.05, 4.69) is 31.1 Å². The molecule has 0 radical (unpaired) electrons.